The number of hydrogen-bond donors (Lipinski definition) is 1. The fraction of sp³-hybridized carbons (Fsp3) is 0.538. The van der Waals surface area contributed by atoms with E-state index in [1.165, 1.54) is 0 Å². The minimum Gasteiger partial charge on any atom is -0.448 e. The Bertz CT molecular complexity index is 365. The van der Waals surface area contributed by atoms with Crippen molar-refractivity contribution in [2.75, 3.05) is 26.2 Å². The van der Waals surface area contributed by atoms with Crippen LogP contribution in [0.2, 0.25) is 5.22 Å². The van der Waals surface area contributed by atoms with Crippen LogP contribution in [0.15, 0.2) is 29.2 Å². The van der Waals surface area contributed by atoms with Crippen molar-refractivity contribution in [1.82, 2.24) is 10.2 Å². The number of allylic oxidation sites excluding steroid dienone is 1. The molecule has 1 aromatic heterocycles. The average molecular weight is 328 g/mol. The Kier molecular flexibility index (Phi) is 9.58. The Balaban J connectivity index is 0.00000162. The summed E-state index contributed by atoms with van der Waals surface area (Å²) in [5.41, 5.74) is 0. The molecule has 110 valence electrons. The van der Waals surface area contributed by atoms with Gasteiger partial charge in [0.25, 0.3) is 0 Å². The van der Waals surface area contributed by atoms with Crippen LogP contribution >= 0.6 is 36.4 Å². The lowest BCUT2D eigenvalue weighted by Crippen LogP contribution is -2.45. The number of piperazine rings is 1. The summed E-state index contributed by atoms with van der Waals surface area (Å²) < 4.78 is 5.56. The zero-order chi connectivity index (χ0) is 12.1. The first-order valence-electron chi connectivity index (χ1n) is 6.12. The monoisotopic (exact) mass is 326 g/mol. The molecule has 1 fully saturated rings. The molecule has 1 atom stereocenters. The van der Waals surface area contributed by atoms with Crippen LogP contribution < -0.4 is 5.32 Å². The first kappa shape index (κ1) is 18.8. The number of nitrogens with zero attached hydrogens (tertiary/aromatic N) is 1. The molecule has 0 amide bonds. The van der Waals surface area contributed by atoms with Crippen molar-refractivity contribution in [1.29, 1.82) is 0 Å². The molecule has 0 radical (unpaired) electrons. The molecule has 0 bridgehead atoms. The number of halogens is 3. The number of rotatable bonds is 5. The van der Waals surface area contributed by atoms with E-state index in [1.807, 2.05) is 18.2 Å². The van der Waals surface area contributed by atoms with Gasteiger partial charge in [0.15, 0.2) is 5.22 Å². The Morgan fingerprint density at radius 2 is 2.05 bits per heavy atom. The molecule has 2 rings (SSSR count). The maximum absolute atomic E-state index is 5.86. The molecule has 0 aliphatic carbocycles. The minimum absolute atomic E-state index is 0. The molecule has 1 N–H and O–H groups in total. The van der Waals surface area contributed by atoms with E-state index >= 15 is 0 Å². The van der Waals surface area contributed by atoms with Crippen molar-refractivity contribution in [3.05, 3.63) is 35.8 Å². The molecule has 19 heavy (non-hydrogen) atoms. The van der Waals surface area contributed by atoms with E-state index in [1.54, 1.807) is 0 Å². The van der Waals surface area contributed by atoms with E-state index in [0.717, 1.165) is 44.8 Å². The molecular weight excluding hydrogens is 307 g/mol. The zero-order valence-corrected chi connectivity index (χ0v) is 13.2. The number of nitrogens with one attached hydrogen (secondary N) is 1. The second kappa shape index (κ2) is 9.67. The van der Waals surface area contributed by atoms with Gasteiger partial charge in [-0.1, -0.05) is 6.08 Å². The van der Waals surface area contributed by atoms with Gasteiger partial charge in [0, 0.05) is 26.2 Å². The van der Waals surface area contributed by atoms with Crippen LogP contribution in [-0.2, 0) is 0 Å². The highest BCUT2D eigenvalue weighted by molar-refractivity contribution is 6.28. The third kappa shape index (κ3) is 5.36. The lowest BCUT2D eigenvalue weighted by molar-refractivity contribution is 0.147. The van der Waals surface area contributed by atoms with Crippen molar-refractivity contribution in [3.63, 3.8) is 0 Å². The van der Waals surface area contributed by atoms with Gasteiger partial charge in [0.2, 0.25) is 0 Å². The first-order valence-corrected chi connectivity index (χ1v) is 6.50. The molecule has 2 heterocycles. The lowest BCUT2D eigenvalue weighted by atomic mass is 10.1. The third-order valence-corrected chi connectivity index (χ3v) is 3.36. The molecule has 1 aliphatic rings. The molecular formula is C13H21Cl3N2O. The van der Waals surface area contributed by atoms with Crippen LogP contribution in [-0.4, -0.2) is 31.1 Å². The van der Waals surface area contributed by atoms with Gasteiger partial charge in [-0.3, -0.25) is 4.90 Å². The van der Waals surface area contributed by atoms with Crippen molar-refractivity contribution >= 4 is 36.4 Å². The maximum atomic E-state index is 5.86. The highest BCUT2D eigenvalue weighted by Crippen LogP contribution is 2.29. The summed E-state index contributed by atoms with van der Waals surface area (Å²) in [4.78, 5) is 2.45. The lowest BCUT2D eigenvalue weighted by Gasteiger charge is -2.33. The van der Waals surface area contributed by atoms with E-state index < -0.39 is 0 Å². The van der Waals surface area contributed by atoms with Crippen molar-refractivity contribution in [2.45, 2.75) is 18.9 Å². The molecule has 1 aromatic rings. The molecule has 0 unspecified atom stereocenters. The van der Waals surface area contributed by atoms with E-state index in [9.17, 15) is 0 Å². The van der Waals surface area contributed by atoms with Crippen LogP contribution in [0.5, 0.6) is 0 Å². The fourth-order valence-corrected chi connectivity index (χ4v) is 2.43. The van der Waals surface area contributed by atoms with E-state index in [0.29, 0.717) is 11.3 Å². The van der Waals surface area contributed by atoms with Gasteiger partial charge in [-0.15, -0.1) is 31.4 Å². The summed E-state index contributed by atoms with van der Waals surface area (Å²) in [6.45, 7) is 7.98. The van der Waals surface area contributed by atoms with Crippen molar-refractivity contribution in [2.24, 2.45) is 0 Å². The first-order chi connectivity index (χ1) is 8.31. The smallest absolute Gasteiger partial charge is 0.193 e. The Labute approximate surface area is 132 Å². The SMILES string of the molecule is C=CCC[C@@H](c1ccc(Cl)o1)N1CCNCC1.Cl.Cl. The predicted octanol–water partition coefficient (Wildman–Crippen LogP) is 3.69. The average Bonchev–Trinajstić information content (AvgIpc) is 2.78. The second-order valence-corrected chi connectivity index (χ2v) is 4.68. The summed E-state index contributed by atoms with van der Waals surface area (Å²) in [5, 5.41) is 3.83. The third-order valence-electron chi connectivity index (χ3n) is 3.16. The summed E-state index contributed by atoms with van der Waals surface area (Å²) in [6.07, 6.45) is 3.99. The van der Waals surface area contributed by atoms with Crippen molar-refractivity contribution in [3.8, 4) is 0 Å². The quantitative estimate of drug-likeness (QED) is 0.836. The van der Waals surface area contributed by atoms with Gasteiger partial charge in [-0.2, -0.15) is 0 Å². The summed E-state index contributed by atoms with van der Waals surface area (Å²) in [6, 6.07) is 4.13. The number of hydrogen-bond acceptors (Lipinski definition) is 3. The van der Waals surface area contributed by atoms with Crippen LogP contribution in [0.3, 0.4) is 0 Å². The maximum Gasteiger partial charge on any atom is 0.193 e. The Morgan fingerprint density at radius 1 is 1.37 bits per heavy atom. The second-order valence-electron chi connectivity index (χ2n) is 4.31. The van der Waals surface area contributed by atoms with E-state index in [-0.39, 0.29) is 24.8 Å². The Hall–Kier alpha value is -0.190. The van der Waals surface area contributed by atoms with Gasteiger partial charge < -0.3 is 9.73 Å². The van der Waals surface area contributed by atoms with Crippen LogP contribution in [0, 0.1) is 0 Å². The molecule has 0 aromatic carbocycles. The van der Waals surface area contributed by atoms with Gasteiger partial charge in [0.1, 0.15) is 5.76 Å². The standard InChI is InChI=1S/C13H19ClN2O.2ClH/c1-2-3-4-11(12-5-6-13(14)17-12)16-9-7-15-8-10-16;;/h2,5-6,11,15H,1,3-4,7-10H2;2*1H/t11-;;/m0../s1. The normalized spacial score (nSPS) is 17.1. The predicted molar refractivity (Wildman–Crippen MR) is 84.8 cm³/mol. The van der Waals surface area contributed by atoms with Crippen LogP contribution in [0.1, 0.15) is 24.6 Å². The van der Waals surface area contributed by atoms with Gasteiger partial charge in [-0.25, -0.2) is 0 Å². The van der Waals surface area contributed by atoms with E-state index in [4.69, 9.17) is 16.0 Å². The Morgan fingerprint density at radius 3 is 2.58 bits per heavy atom. The molecule has 1 saturated heterocycles. The van der Waals surface area contributed by atoms with Gasteiger partial charge in [0.05, 0.1) is 6.04 Å². The summed E-state index contributed by atoms with van der Waals surface area (Å²) >= 11 is 5.86. The summed E-state index contributed by atoms with van der Waals surface area (Å²) in [5.74, 6) is 0.971. The topological polar surface area (TPSA) is 28.4 Å². The summed E-state index contributed by atoms with van der Waals surface area (Å²) in [7, 11) is 0. The van der Waals surface area contributed by atoms with Gasteiger partial charge >= 0.3 is 0 Å². The number of furan rings is 1. The van der Waals surface area contributed by atoms with Gasteiger partial charge in [-0.05, 0) is 36.6 Å². The molecule has 1 aliphatic heterocycles. The van der Waals surface area contributed by atoms with E-state index in [2.05, 4.69) is 16.8 Å². The molecule has 0 spiro atoms. The molecule has 3 nitrogen and oxygen atoms in total. The highest BCUT2D eigenvalue weighted by Gasteiger charge is 2.23. The van der Waals surface area contributed by atoms with Crippen molar-refractivity contribution < 1.29 is 4.42 Å². The fourth-order valence-electron chi connectivity index (χ4n) is 2.28. The zero-order valence-electron chi connectivity index (χ0n) is 10.8. The largest absolute Gasteiger partial charge is 0.448 e. The molecule has 0 saturated carbocycles. The van der Waals surface area contributed by atoms with Crippen LogP contribution in [0.25, 0.3) is 0 Å². The minimum atomic E-state index is 0. The highest BCUT2D eigenvalue weighted by atomic mass is 35.5. The molecule has 6 heteroatoms. The van der Waals surface area contributed by atoms with Crippen LogP contribution in [0.4, 0.5) is 0 Å².